The molecule has 2 aliphatic rings. The first kappa shape index (κ1) is 30.0. The Morgan fingerprint density at radius 3 is 1.87 bits per heavy atom. The zero-order valence-electron chi connectivity index (χ0n) is 29.5. The lowest BCUT2D eigenvalue weighted by Crippen LogP contribution is -2.14. The van der Waals surface area contributed by atoms with Crippen LogP contribution in [0, 0.1) is 0 Å². The summed E-state index contributed by atoms with van der Waals surface area (Å²) in [6, 6.07) is 56.6. The fourth-order valence-corrected chi connectivity index (χ4v) is 8.91. The Labute approximate surface area is 308 Å². The number of aromatic nitrogens is 4. The lowest BCUT2D eigenvalue weighted by molar-refractivity contribution is 0.661. The van der Waals surface area contributed by atoms with Crippen molar-refractivity contribution in [3.05, 3.63) is 180 Å². The fourth-order valence-electron chi connectivity index (χ4n) is 8.91. The molecular weight excluding hydrogens is 645 g/mol. The Kier molecular flexibility index (Phi) is 6.33. The highest BCUT2D eigenvalue weighted by molar-refractivity contribution is 6.11. The van der Waals surface area contributed by atoms with Crippen LogP contribution in [0.5, 0.6) is 0 Å². The number of rotatable bonds is 4. The fraction of sp³-hybridized carbons (Fsp3) is 0.0816. The van der Waals surface area contributed by atoms with Crippen molar-refractivity contribution in [1.29, 1.82) is 0 Å². The van der Waals surface area contributed by atoms with E-state index in [1.165, 1.54) is 72.0 Å². The molecule has 2 aromatic heterocycles. The molecule has 250 valence electrons. The van der Waals surface area contributed by atoms with E-state index in [0.717, 1.165) is 23.1 Å². The number of hydrogen-bond donors (Lipinski definition) is 0. The molecule has 7 aromatic carbocycles. The Morgan fingerprint density at radius 1 is 0.453 bits per heavy atom. The summed E-state index contributed by atoms with van der Waals surface area (Å²) in [6.07, 6.45) is 0.821. The highest BCUT2D eigenvalue weighted by Gasteiger charge is 2.36. The minimum Gasteiger partial charge on any atom is -0.309 e. The quantitative estimate of drug-likeness (QED) is 0.186. The maximum atomic E-state index is 5.10. The lowest BCUT2D eigenvalue weighted by atomic mass is 9.82. The Hall–Kier alpha value is -6.65. The second-order valence-corrected chi connectivity index (χ2v) is 14.8. The van der Waals surface area contributed by atoms with Crippen LogP contribution >= 0.6 is 0 Å². The van der Waals surface area contributed by atoms with E-state index in [0.29, 0.717) is 17.5 Å². The molecule has 0 aliphatic heterocycles. The molecule has 0 spiro atoms. The maximum absolute atomic E-state index is 5.10. The third-order valence-electron chi connectivity index (χ3n) is 11.5. The smallest absolute Gasteiger partial charge is 0.164 e. The molecule has 11 rings (SSSR count). The third kappa shape index (κ3) is 4.45. The SMILES string of the molecule is CC1(C)c2ccccc2-c2cc3c4ccccc4n(-c4ccc5c(c4)-c4cccc(-c6nc(-c7ccccc7)nc(-c7ccccc7)n6)c4C5)c3cc21. The van der Waals surface area contributed by atoms with E-state index in [1.54, 1.807) is 0 Å². The van der Waals surface area contributed by atoms with Crippen LogP contribution in [0.2, 0.25) is 0 Å². The second-order valence-electron chi connectivity index (χ2n) is 14.8. The maximum Gasteiger partial charge on any atom is 0.164 e. The Balaban J connectivity index is 1.08. The predicted molar refractivity (Wildman–Crippen MR) is 216 cm³/mol. The average molecular weight is 679 g/mol. The molecule has 2 aliphatic carbocycles. The van der Waals surface area contributed by atoms with Crippen molar-refractivity contribution < 1.29 is 0 Å². The molecule has 0 N–H and O–H groups in total. The van der Waals surface area contributed by atoms with Gasteiger partial charge in [-0.05, 0) is 81.3 Å². The molecule has 0 radical (unpaired) electrons. The first-order chi connectivity index (χ1) is 26.0. The first-order valence-electron chi connectivity index (χ1n) is 18.3. The third-order valence-corrected chi connectivity index (χ3v) is 11.5. The van der Waals surface area contributed by atoms with Crippen LogP contribution in [0.3, 0.4) is 0 Å². The second kappa shape index (κ2) is 11.2. The largest absolute Gasteiger partial charge is 0.309 e. The van der Waals surface area contributed by atoms with Gasteiger partial charge in [-0.3, -0.25) is 0 Å². The van der Waals surface area contributed by atoms with Crippen molar-refractivity contribution in [2.45, 2.75) is 25.7 Å². The average Bonchev–Trinajstić information content (AvgIpc) is 3.82. The molecule has 2 heterocycles. The molecule has 0 amide bonds. The summed E-state index contributed by atoms with van der Waals surface area (Å²) in [5.41, 5.74) is 17.1. The number of para-hydroxylation sites is 1. The molecule has 9 aromatic rings. The van der Waals surface area contributed by atoms with Crippen LogP contribution < -0.4 is 0 Å². The minimum absolute atomic E-state index is 0.0789. The van der Waals surface area contributed by atoms with E-state index in [1.807, 2.05) is 36.4 Å². The molecule has 4 nitrogen and oxygen atoms in total. The summed E-state index contributed by atoms with van der Waals surface area (Å²) in [6.45, 7) is 4.72. The van der Waals surface area contributed by atoms with Gasteiger partial charge in [0.15, 0.2) is 17.5 Å². The van der Waals surface area contributed by atoms with E-state index >= 15 is 0 Å². The number of hydrogen-bond acceptors (Lipinski definition) is 3. The van der Waals surface area contributed by atoms with Gasteiger partial charge in [-0.15, -0.1) is 0 Å². The topological polar surface area (TPSA) is 43.6 Å². The van der Waals surface area contributed by atoms with Crippen molar-refractivity contribution >= 4 is 21.8 Å². The molecule has 0 atom stereocenters. The minimum atomic E-state index is -0.0789. The molecule has 0 saturated heterocycles. The number of benzene rings is 7. The summed E-state index contributed by atoms with van der Waals surface area (Å²) in [7, 11) is 0. The highest BCUT2D eigenvalue weighted by atomic mass is 15.0. The van der Waals surface area contributed by atoms with Crippen LogP contribution in [0.4, 0.5) is 0 Å². The highest BCUT2D eigenvalue weighted by Crippen LogP contribution is 2.51. The first-order valence-corrected chi connectivity index (χ1v) is 18.3. The van der Waals surface area contributed by atoms with E-state index in [-0.39, 0.29) is 5.41 Å². The number of nitrogens with zero attached hydrogens (tertiary/aromatic N) is 4. The van der Waals surface area contributed by atoms with Gasteiger partial charge in [-0.1, -0.05) is 141 Å². The summed E-state index contributed by atoms with van der Waals surface area (Å²) in [4.78, 5) is 15.1. The zero-order valence-corrected chi connectivity index (χ0v) is 29.5. The molecule has 4 heteroatoms. The monoisotopic (exact) mass is 678 g/mol. The van der Waals surface area contributed by atoms with Crippen molar-refractivity contribution in [3.63, 3.8) is 0 Å². The lowest BCUT2D eigenvalue weighted by Gasteiger charge is -2.21. The number of fused-ring (bicyclic) bond motifs is 9. The van der Waals surface area contributed by atoms with Crippen LogP contribution in [-0.2, 0) is 11.8 Å². The van der Waals surface area contributed by atoms with Gasteiger partial charge in [0.1, 0.15) is 0 Å². The molecule has 0 bridgehead atoms. The van der Waals surface area contributed by atoms with Crippen LogP contribution in [-0.4, -0.2) is 19.5 Å². The van der Waals surface area contributed by atoms with Crippen LogP contribution in [0.15, 0.2) is 158 Å². The normalized spacial score (nSPS) is 13.5. The Morgan fingerprint density at radius 2 is 1.09 bits per heavy atom. The Bertz CT molecular complexity index is 2880. The van der Waals surface area contributed by atoms with Gasteiger partial charge < -0.3 is 4.57 Å². The molecule has 0 fully saturated rings. The van der Waals surface area contributed by atoms with Crippen molar-refractivity contribution in [3.8, 4) is 62.1 Å². The summed E-state index contributed by atoms with van der Waals surface area (Å²) >= 11 is 0. The molecule has 53 heavy (non-hydrogen) atoms. The standard InChI is InChI=1S/C49H34N4/c1-49(2)42-22-11-9-18-35(42)40-28-41-36-19-10-12-23-44(36)53(45(41)29-43(40)49)33-25-24-32-26-39-34(38(32)27-33)20-13-21-37(39)48-51-46(30-14-5-3-6-15-30)50-47(52-48)31-16-7-4-8-17-31/h3-25,27-29H,26H2,1-2H3. The zero-order chi connectivity index (χ0) is 35.3. The predicted octanol–water partition coefficient (Wildman–Crippen LogP) is 11.8. The van der Waals surface area contributed by atoms with Crippen LogP contribution in [0.1, 0.15) is 36.1 Å². The molecular formula is C49H34N4. The van der Waals surface area contributed by atoms with E-state index < -0.39 is 0 Å². The summed E-state index contributed by atoms with van der Waals surface area (Å²) in [5.74, 6) is 2.05. The van der Waals surface area contributed by atoms with Gasteiger partial charge in [0.2, 0.25) is 0 Å². The van der Waals surface area contributed by atoms with Crippen molar-refractivity contribution in [2.75, 3.05) is 0 Å². The van der Waals surface area contributed by atoms with Crippen molar-refractivity contribution in [2.24, 2.45) is 0 Å². The van der Waals surface area contributed by atoms with Gasteiger partial charge in [0, 0.05) is 38.6 Å². The van der Waals surface area contributed by atoms with Crippen LogP contribution in [0.25, 0.3) is 83.9 Å². The summed E-state index contributed by atoms with van der Waals surface area (Å²) < 4.78 is 2.47. The van der Waals surface area contributed by atoms with Gasteiger partial charge in [0.05, 0.1) is 11.0 Å². The summed E-state index contributed by atoms with van der Waals surface area (Å²) in [5, 5.41) is 2.56. The van der Waals surface area contributed by atoms with E-state index in [2.05, 4.69) is 140 Å². The molecule has 0 saturated carbocycles. The van der Waals surface area contributed by atoms with Gasteiger partial charge in [0.25, 0.3) is 0 Å². The van der Waals surface area contributed by atoms with E-state index in [9.17, 15) is 0 Å². The van der Waals surface area contributed by atoms with Crippen molar-refractivity contribution in [1.82, 2.24) is 19.5 Å². The van der Waals surface area contributed by atoms with Gasteiger partial charge in [-0.25, -0.2) is 15.0 Å². The molecule has 0 unspecified atom stereocenters. The van der Waals surface area contributed by atoms with Gasteiger partial charge in [-0.2, -0.15) is 0 Å². The van der Waals surface area contributed by atoms with E-state index in [4.69, 9.17) is 15.0 Å². The van der Waals surface area contributed by atoms with Gasteiger partial charge >= 0.3 is 0 Å².